The van der Waals surface area contributed by atoms with Gasteiger partial charge in [0.15, 0.2) is 0 Å². The maximum Gasteiger partial charge on any atom is 0.132 e. The van der Waals surface area contributed by atoms with E-state index in [2.05, 4.69) is 36.5 Å². The molecule has 3 aromatic rings. The molecule has 0 unspecified atom stereocenters. The Hall–Kier alpha value is -2.23. The molecular weight excluding hydrogens is 362 g/mol. The van der Waals surface area contributed by atoms with Crippen molar-refractivity contribution in [1.82, 2.24) is 0 Å². The highest BCUT2D eigenvalue weighted by Gasteiger charge is 2.27. The fourth-order valence-electron chi connectivity index (χ4n) is 3.42. The summed E-state index contributed by atoms with van der Waals surface area (Å²) in [6.45, 7) is 2.77. The number of rotatable bonds is 4. The molecule has 0 radical (unpaired) electrons. The molecule has 2 heterocycles. The van der Waals surface area contributed by atoms with E-state index < -0.39 is 0 Å². The van der Waals surface area contributed by atoms with E-state index in [1.165, 1.54) is 16.9 Å². The molecule has 0 aliphatic carbocycles. The predicted molar refractivity (Wildman–Crippen MR) is 113 cm³/mol. The fraction of sp³-hybridized carbons (Fsp3) is 0.182. The Balaban J connectivity index is 1.83. The first-order valence-electron chi connectivity index (χ1n) is 8.82. The lowest BCUT2D eigenvalue weighted by Gasteiger charge is -2.20. The van der Waals surface area contributed by atoms with Gasteiger partial charge in [0.05, 0.1) is 5.56 Å². The normalized spacial score (nSPS) is 13.5. The van der Waals surface area contributed by atoms with E-state index in [0.717, 1.165) is 45.7 Å². The molecule has 2 N–H and O–H groups in total. The quantitative estimate of drug-likeness (QED) is 0.516. The van der Waals surface area contributed by atoms with E-state index in [1.54, 1.807) is 0 Å². The van der Waals surface area contributed by atoms with E-state index in [-0.39, 0.29) is 0 Å². The van der Waals surface area contributed by atoms with Crippen LogP contribution < -0.4 is 5.32 Å². The van der Waals surface area contributed by atoms with Crippen LogP contribution in [0.5, 0.6) is 0 Å². The second-order valence-electron chi connectivity index (χ2n) is 6.45. The summed E-state index contributed by atoms with van der Waals surface area (Å²) in [4.78, 5) is 0. The molecule has 1 aliphatic rings. The third kappa shape index (κ3) is 3.02. The Morgan fingerprint density at radius 2 is 1.73 bits per heavy atom. The van der Waals surface area contributed by atoms with Gasteiger partial charge in [-0.3, -0.25) is 0 Å². The molecular formula is C22H20ClNOS. The minimum Gasteiger partial charge on any atom is -0.507 e. The summed E-state index contributed by atoms with van der Waals surface area (Å²) in [5.74, 6) is 0.320. The van der Waals surface area contributed by atoms with Gasteiger partial charge in [-0.1, -0.05) is 79.5 Å². The number of fused-ring (bicyclic) bond motifs is 1. The fourth-order valence-corrected chi connectivity index (χ4v) is 4.80. The van der Waals surface area contributed by atoms with Crippen LogP contribution in [0.4, 0.5) is 5.00 Å². The van der Waals surface area contributed by atoms with Crippen molar-refractivity contribution in [3.05, 3.63) is 75.6 Å². The van der Waals surface area contributed by atoms with Crippen LogP contribution in [0, 0.1) is 0 Å². The third-order valence-electron chi connectivity index (χ3n) is 4.72. The van der Waals surface area contributed by atoms with Gasteiger partial charge in [0.25, 0.3) is 0 Å². The molecule has 1 aromatic heterocycles. The molecule has 0 saturated heterocycles. The Bertz CT molecular complexity index is 958. The lowest BCUT2D eigenvalue weighted by atomic mass is 9.94. The first-order chi connectivity index (χ1) is 12.7. The molecule has 0 amide bonds. The minimum absolute atomic E-state index is 0.320. The zero-order chi connectivity index (χ0) is 18.1. The van der Waals surface area contributed by atoms with Crippen LogP contribution in [-0.2, 0) is 6.42 Å². The zero-order valence-corrected chi connectivity index (χ0v) is 16.1. The number of aliphatic hydroxyl groups excluding tert-OH is 1. The molecule has 0 spiro atoms. The van der Waals surface area contributed by atoms with Crippen molar-refractivity contribution >= 4 is 39.3 Å². The van der Waals surface area contributed by atoms with Crippen LogP contribution in [0.3, 0.4) is 0 Å². The van der Waals surface area contributed by atoms with Gasteiger partial charge >= 0.3 is 0 Å². The van der Waals surface area contributed by atoms with Gasteiger partial charge in [0.1, 0.15) is 15.1 Å². The highest BCUT2D eigenvalue weighted by Crippen LogP contribution is 2.49. The molecule has 0 atom stereocenters. The van der Waals surface area contributed by atoms with Gasteiger partial charge < -0.3 is 10.4 Å². The van der Waals surface area contributed by atoms with Gasteiger partial charge in [-0.05, 0) is 23.1 Å². The smallest absolute Gasteiger partial charge is 0.132 e. The standard InChI is InChI=1S/C22H20ClNOS/c1-2-6-14-9-11-16(12-10-14)18-19-20(25)17(15-7-4-3-5-8-15)13-24-22(19)26-21(18)23/h3-5,7-12,24-25H,2,6,13H2,1H3. The molecule has 2 aromatic carbocycles. The zero-order valence-electron chi connectivity index (χ0n) is 14.6. The molecule has 0 bridgehead atoms. The second kappa shape index (κ2) is 7.18. The number of halogens is 1. The van der Waals surface area contributed by atoms with Crippen molar-refractivity contribution < 1.29 is 5.11 Å². The van der Waals surface area contributed by atoms with Crippen LogP contribution in [0.2, 0.25) is 4.34 Å². The van der Waals surface area contributed by atoms with Crippen molar-refractivity contribution in [2.45, 2.75) is 19.8 Å². The number of hydrogen-bond acceptors (Lipinski definition) is 3. The molecule has 132 valence electrons. The summed E-state index contributed by atoms with van der Waals surface area (Å²) < 4.78 is 0.701. The van der Waals surface area contributed by atoms with Crippen LogP contribution >= 0.6 is 22.9 Å². The second-order valence-corrected chi connectivity index (χ2v) is 8.07. The van der Waals surface area contributed by atoms with Crippen LogP contribution in [0.1, 0.15) is 30.0 Å². The molecule has 1 aliphatic heterocycles. The Labute approximate surface area is 162 Å². The third-order valence-corrected chi connectivity index (χ3v) is 6.07. The van der Waals surface area contributed by atoms with E-state index in [0.29, 0.717) is 16.6 Å². The number of aliphatic hydroxyl groups is 1. The SMILES string of the molecule is CCCc1ccc(-c2c(Cl)sc3c2C(O)=C(c2ccccc2)CN3)cc1. The van der Waals surface area contributed by atoms with Gasteiger partial charge in [-0.25, -0.2) is 0 Å². The average Bonchev–Trinajstić information content (AvgIpc) is 3.01. The van der Waals surface area contributed by atoms with Crippen molar-refractivity contribution in [1.29, 1.82) is 0 Å². The van der Waals surface area contributed by atoms with Crippen molar-refractivity contribution in [3.8, 4) is 11.1 Å². The summed E-state index contributed by atoms with van der Waals surface area (Å²) in [6, 6.07) is 18.5. The summed E-state index contributed by atoms with van der Waals surface area (Å²) in [7, 11) is 0. The number of aryl methyl sites for hydroxylation is 1. The Morgan fingerprint density at radius 3 is 2.42 bits per heavy atom. The van der Waals surface area contributed by atoms with E-state index in [4.69, 9.17) is 11.6 Å². The number of anilines is 1. The first kappa shape index (κ1) is 17.2. The van der Waals surface area contributed by atoms with Crippen molar-refractivity contribution in [3.63, 3.8) is 0 Å². The predicted octanol–water partition coefficient (Wildman–Crippen LogP) is 6.87. The lowest BCUT2D eigenvalue weighted by molar-refractivity contribution is 0.513. The number of thiophene rings is 1. The number of nitrogens with one attached hydrogen (secondary N) is 1. The largest absolute Gasteiger partial charge is 0.507 e. The van der Waals surface area contributed by atoms with Crippen molar-refractivity contribution in [2.75, 3.05) is 11.9 Å². The topological polar surface area (TPSA) is 32.3 Å². The molecule has 4 heteroatoms. The van der Waals surface area contributed by atoms with Gasteiger partial charge in [0, 0.05) is 17.7 Å². The Morgan fingerprint density at radius 1 is 1.00 bits per heavy atom. The Kier molecular flexibility index (Phi) is 4.75. The molecule has 2 nitrogen and oxygen atoms in total. The van der Waals surface area contributed by atoms with E-state index in [9.17, 15) is 5.11 Å². The summed E-state index contributed by atoms with van der Waals surface area (Å²) >= 11 is 8.06. The molecule has 4 rings (SSSR count). The molecule has 0 fully saturated rings. The average molecular weight is 382 g/mol. The molecule has 26 heavy (non-hydrogen) atoms. The lowest BCUT2D eigenvalue weighted by Crippen LogP contribution is -2.12. The van der Waals surface area contributed by atoms with Crippen molar-refractivity contribution in [2.24, 2.45) is 0 Å². The van der Waals surface area contributed by atoms with Crippen LogP contribution in [-0.4, -0.2) is 11.7 Å². The van der Waals surface area contributed by atoms with Crippen LogP contribution in [0.15, 0.2) is 54.6 Å². The van der Waals surface area contributed by atoms with E-state index >= 15 is 0 Å². The molecule has 0 saturated carbocycles. The van der Waals surface area contributed by atoms with Gasteiger partial charge in [-0.2, -0.15) is 0 Å². The minimum atomic E-state index is 0.320. The highest BCUT2D eigenvalue weighted by molar-refractivity contribution is 7.21. The first-order valence-corrected chi connectivity index (χ1v) is 10.0. The summed E-state index contributed by atoms with van der Waals surface area (Å²) in [5, 5.41) is 15.4. The summed E-state index contributed by atoms with van der Waals surface area (Å²) in [5.41, 5.74) is 6.00. The number of benzene rings is 2. The number of hydrogen-bond donors (Lipinski definition) is 2. The maximum absolute atomic E-state index is 11.1. The highest BCUT2D eigenvalue weighted by atomic mass is 35.5. The van der Waals surface area contributed by atoms with Gasteiger partial charge in [-0.15, -0.1) is 11.3 Å². The summed E-state index contributed by atoms with van der Waals surface area (Å²) in [6.07, 6.45) is 2.20. The van der Waals surface area contributed by atoms with Gasteiger partial charge in [0.2, 0.25) is 0 Å². The monoisotopic (exact) mass is 381 g/mol. The van der Waals surface area contributed by atoms with Crippen LogP contribution in [0.25, 0.3) is 22.5 Å². The maximum atomic E-state index is 11.1. The van der Waals surface area contributed by atoms with E-state index in [1.807, 2.05) is 30.3 Å².